The molecule has 0 amide bonds. The van der Waals surface area contributed by atoms with Crippen molar-refractivity contribution in [2.75, 3.05) is 28.9 Å². The summed E-state index contributed by atoms with van der Waals surface area (Å²) >= 11 is 1.13. The van der Waals surface area contributed by atoms with Gasteiger partial charge in [0, 0.05) is 31.7 Å². The minimum Gasteiger partial charge on any atom is -0.434 e. The van der Waals surface area contributed by atoms with Gasteiger partial charge in [0.15, 0.2) is 17.3 Å². The first-order valence-electron chi connectivity index (χ1n) is 10.9. The minimum absolute atomic E-state index is 0.149. The van der Waals surface area contributed by atoms with Gasteiger partial charge in [-0.2, -0.15) is 17.6 Å². The van der Waals surface area contributed by atoms with Crippen LogP contribution < -0.4 is 20.1 Å². The molecule has 0 bridgehead atoms. The molecule has 2 atom stereocenters. The number of sulfonamides is 1. The zero-order valence-corrected chi connectivity index (χ0v) is 21.1. The van der Waals surface area contributed by atoms with Gasteiger partial charge in [-0.05, 0) is 25.1 Å². The van der Waals surface area contributed by atoms with Crippen molar-refractivity contribution in [3.05, 3.63) is 41.0 Å². The molecule has 38 heavy (non-hydrogen) atoms. The van der Waals surface area contributed by atoms with Gasteiger partial charge in [-0.25, -0.2) is 32.2 Å². The summed E-state index contributed by atoms with van der Waals surface area (Å²) in [5.74, 6) is -6.33. The van der Waals surface area contributed by atoms with E-state index in [9.17, 15) is 34.8 Å². The van der Waals surface area contributed by atoms with Crippen LogP contribution in [0.4, 0.5) is 38.0 Å². The third-order valence-electron chi connectivity index (χ3n) is 5.09. The molecule has 2 aromatic heterocycles. The summed E-state index contributed by atoms with van der Waals surface area (Å²) < 4.78 is 110. The highest BCUT2D eigenvalue weighted by Crippen LogP contribution is 2.39. The lowest BCUT2D eigenvalue weighted by atomic mass is 10.1. The SMILES string of the molecule is Cc1nc(Oc2ccc(NS(=O)(=O)CC(F)(F)F)c(F)c2F)c(-c2ccnc(N[C@@H]3CNC[C@@H](F)C3)n2)s1. The van der Waals surface area contributed by atoms with E-state index >= 15 is 0 Å². The van der Waals surface area contributed by atoms with Crippen molar-refractivity contribution >= 4 is 33.0 Å². The summed E-state index contributed by atoms with van der Waals surface area (Å²) in [6.45, 7) is 2.40. The van der Waals surface area contributed by atoms with E-state index in [4.69, 9.17) is 4.74 Å². The first kappa shape index (κ1) is 27.8. The minimum atomic E-state index is -5.08. The topological polar surface area (TPSA) is 118 Å². The van der Waals surface area contributed by atoms with Crippen molar-refractivity contribution in [1.82, 2.24) is 20.3 Å². The van der Waals surface area contributed by atoms with Crippen molar-refractivity contribution in [2.45, 2.75) is 31.7 Å². The lowest BCUT2D eigenvalue weighted by Crippen LogP contribution is -2.44. The summed E-state index contributed by atoms with van der Waals surface area (Å²) in [6, 6.07) is 2.84. The molecule has 0 aliphatic carbocycles. The molecule has 0 saturated carbocycles. The van der Waals surface area contributed by atoms with Crippen molar-refractivity contribution < 1.29 is 39.5 Å². The molecule has 1 aliphatic heterocycles. The second kappa shape index (κ2) is 10.9. The Bertz CT molecular complexity index is 1420. The van der Waals surface area contributed by atoms with Crippen LogP contribution in [0.2, 0.25) is 0 Å². The Morgan fingerprint density at radius 1 is 1.16 bits per heavy atom. The van der Waals surface area contributed by atoms with Crippen molar-refractivity contribution in [3.63, 3.8) is 0 Å². The van der Waals surface area contributed by atoms with Gasteiger partial charge in [0.2, 0.25) is 27.7 Å². The number of thiazole rings is 1. The summed E-state index contributed by atoms with van der Waals surface area (Å²) in [4.78, 5) is 13.0. The van der Waals surface area contributed by atoms with Crippen LogP contribution in [0, 0.1) is 18.6 Å². The van der Waals surface area contributed by atoms with E-state index in [0.29, 0.717) is 22.1 Å². The average molecular weight is 583 g/mol. The van der Waals surface area contributed by atoms with Crippen LogP contribution in [0.1, 0.15) is 11.4 Å². The molecular weight excluding hydrogens is 562 g/mol. The number of nitrogens with zero attached hydrogens (tertiary/aromatic N) is 3. The summed E-state index contributed by atoms with van der Waals surface area (Å²) in [5, 5.41) is 6.47. The fourth-order valence-corrected chi connectivity index (χ4v) is 5.40. The number of aryl methyl sites for hydroxylation is 1. The maximum Gasteiger partial charge on any atom is 0.404 e. The third-order valence-corrected chi connectivity index (χ3v) is 7.31. The van der Waals surface area contributed by atoms with Crippen LogP contribution in [0.15, 0.2) is 24.4 Å². The molecule has 0 unspecified atom stereocenters. The van der Waals surface area contributed by atoms with Crippen LogP contribution in [0.25, 0.3) is 10.6 Å². The quantitative estimate of drug-likeness (QED) is 0.335. The molecule has 206 valence electrons. The van der Waals surface area contributed by atoms with Gasteiger partial charge in [0.25, 0.3) is 0 Å². The average Bonchev–Trinajstić information content (AvgIpc) is 3.17. The van der Waals surface area contributed by atoms with Gasteiger partial charge < -0.3 is 15.4 Å². The maximum atomic E-state index is 14.7. The number of benzene rings is 1. The van der Waals surface area contributed by atoms with Gasteiger partial charge in [-0.1, -0.05) is 0 Å². The highest BCUT2D eigenvalue weighted by Gasteiger charge is 2.36. The fraction of sp³-hybridized carbons (Fsp3) is 0.381. The molecule has 17 heteroatoms. The molecule has 1 aromatic carbocycles. The molecule has 0 radical (unpaired) electrons. The number of aromatic nitrogens is 3. The number of ether oxygens (including phenoxy) is 1. The highest BCUT2D eigenvalue weighted by molar-refractivity contribution is 7.92. The van der Waals surface area contributed by atoms with E-state index in [1.54, 1.807) is 6.92 Å². The number of nitrogens with one attached hydrogen (secondary N) is 3. The highest BCUT2D eigenvalue weighted by atomic mass is 32.2. The van der Waals surface area contributed by atoms with Crippen molar-refractivity contribution in [3.8, 4) is 22.2 Å². The monoisotopic (exact) mass is 582 g/mol. The van der Waals surface area contributed by atoms with Crippen LogP contribution >= 0.6 is 11.3 Å². The van der Waals surface area contributed by atoms with Gasteiger partial charge in [0.1, 0.15) is 11.0 Å². The number of hydrogen-bond donors (Lipinski definition) is 3. The molecule has 0 spiro atoms. The van der Waals surface area contributed by atoms with Crippen LogP contribution in [0.3, 0.4) is 0 Å². The lowest BCUT2D eigenvalue weighted by molar-refractivity contribution is -0.106. The molecule has 9 nitrogen and oxygen atoms in total. The van der Waals surface area contributed by atoms with Crippen LogP contribution in [-0.4, -0.2) is 60.6 Å². The van der Waals surface area contributed by atoms with Gasteiger partial charge in [-0.15, -0.1) is 11.3 Å². The fourth-order valence-electron chi connectivity index (χ4n) is 3.59. The number of piperidine rings is 1. The number of halogens is 6. The molecule has 3 heterocycles. The lowest BCUT2D eigenvalue weighted by Gasteiger charge is -2.26. The van der Waals surface area contributed by atoms with Crippen molar-refractivity contribution in [1.29, 1.82) is 0 Å². The summed E-state index contributed by atoms with van der Waals surface area (Å²) in [6.07, 6.45) is -4.39. The third kappa shape index (κ3) is 7.02. The molecule has 1 saturated heterocycles. The number of hydrogen-bond acceptors (Lipinski definition) is 9. The molecular formula is C21H20F6N6O3S2. The van der Waals surface area contributed by atoms with Gasteiger partial charge in [0.05, 0.1) is 16.4 Å². The first-order valence-corrected chi connectivity index (χ1v) is 13.4. The zero-order chi connectivity index (χ0) is 27.7. The van der Waals surface area contributed by atoms with E-state index in [-0.39, 0.29) is 30.8 Å². The van der Waals surface area contributed by atoms with Gasteiger partial charge in [-0.3, -0.25) is 4.72 Å². The van der Waals surface area contributed by atoms with E-state index in [1.165, 1.54) is 17.0 Å². The Kier molecular flexibility index (Phi) is 7.98. The van der Waals surface area contributed by atoms with E-state index in [1.807, 2.05) is 0 Å². The van der Waals surface area contributed by atoms with E-state index in [0.717, 1.165) is 23.5 Å². The molecule has 1 fully saturated rings. The maximum absolute atomic E-state index is 14.7. The largest absolute Gasteiger partial charge is 0.434 e. The first-order chi connectivity index (χ1) is 17.8. The summed E-state index contributed by atoms with van der Waals surface area (Å²) in [5.41, 5.74) is -0.700. The predicted octanol–water partition coefficient (Wildman–Crippen LogP) is 4.39. The molecule has 3 aromatic rings. The van der Waals surface area contributed by atoms with Crippen molar-refractivity contribution in [2.24, 2.45) is 0 Å². The van der Waals surface area contributed by atoms with Crippen LogP contribution in [0.5, 0.6) is 11.6 Å². The standard InChI is InChI=1S/C21H20F6N6O3S2/c1-10-30-19(18(37-10)14-4-5-29-20(32-14)31-12-6-11(22)7-28-8-12)36-15-3-2-13(16(23)17(15)24)33-38(34,35)9-21(25,26)27/h2-5,11-12,28,33H,6-9H2,1H3,(H,29,31,32)/t11-,12-/m0/s1. The summed E-state index contributed by atoms with van der Waals surface area (Å²) in [7, 11) is -5.04. The molecule has 1 aliphatic rings. The van der Waals surface area contributed by atoms with E-state index in [2.05, 4.69) is 25.6 Å². The van der Waals surface area contributed by atoms with E-state index < -0.39 is 51.2 Å². The van der Waals surface area contributed by atoms with Gasteiger partial charge >= 0.3 is 6.18 Å². The number of anilines is 2. The second-order valence-electron chi connectivity index (χ2n) is 8.28. The molecule has 4 rings (SSSR count). The Balaban J connectivity index is 1.56. The number of rotatable bonds is 8. The van der Waals surface area contributed by atoms with Crippen LogP contribution in [-0.2, 0) is 10.0 Å². The smallest absolute Gasteiger partial charge is 0.404 e. The Labute approximate surface area is 216 Å². The normalized spacial score (nSPS) is 18.3. The zero-order valence-electron chi connectivity index (χ0n) is 19.4. The predicted molar refractivity (Wildman–Crippen MR) is 128 cm³/mol. The molecule has 3 N–H and O–H groups in total. The second-order valence-corrected chi connectivity index (χ2v) is 11.2. The Morgan fingerprint density at radius 2 is 1.92 bits per heavy atom. The number of alkyl halides is 4. The Morgan fingerprint density at radius 3 is 2.63 bits per heavy atom. The Hall–Kier alpha value is -3.18.